The number of non-ortho nitro benzene ring substituents is 1. The van der Waals surface area contributed by atoms with Gasteiger partial charge >= 0.3 is 12.0 Å². The van der Waals surface area contributed by atoms with Gasteiger partial charge in [0, 0.05) is 25.2 Å². The summed E-state index contributed by atoms with van der Waals surface area (Å²) in [5.74, 6) is -0.523. The lowest BCUT2D eigenvalue weighted by Crippen LogP contribution is -2.40. The third-order valence-electron chi connectivity index (χ3n) is 3.03. The number of carbonyl (C=O) groups is 2. The van der Waals surface area contributed by atoms with Crippen molar-refractivity contribution in [2.24, 2.45) is 0 Å². The number of fused-ring (bicyclic) bond motifs is 1. The molecule has 2 amide bonds. The van der Waals surface area contributed by atoms with Gasteiger partial charge in [-0.1, -0.05) is 6.07 Å². The normalized spacial score (nSPS) is 14.1. The molecule has 2 rings (SSSR count). The van der Waals surface area contributed by atoms with Crippen LogP contribution < -0.4 is 5.32 Å². The Morgan fingerprint density at radius 3 is 2.90 bits per heavy atom. The number of esters is 1. The van der Waals surface area contributed by atoms with Crippen LogP contribution in [0.15, 0.2) is 18.2 Å². The predicted molar refractivity (Wildman–Crippen MR) is 67.8 cm³/mol. The molecule has 0 unspecified atom stereocenters. The summed E-state index contributed by atoms with van der Waals surface area (Å²) in [4.78, 5) is 34.6. The molecular weight excluding hydrogens is 266 g/mol. The number of nitrogens with zero attached hydrogens (tertiary/aromatic N) is 2. The first-order chi connectivity index (χ1) is 9.51. The lowest BCUT2D eigenvalue weighted by atomic mass is 10.1. The van der Waals surface area contributed by atoms with Gasteiger partial charge in [0.2, 0.25) is 0 Å². The van der Waals surface area contributed by atoms with Gasteiger partial charge in [-0.2, -0.15) is 0 Å². The number of nitro groups is 1. The van der Waals surface area contributed by atoms with Crippen molar-refractivity contribution in [3.05, 3.63) is 39.4 Å². The molecule has 0 fully saturated rings. The minimum Gasteiger partial charge on any atom is -0.468 e. The molecule has 1 aliphatic heterocycles. The summed E-state index contributed by atoms with van der Waals surface area (Å²) in [5, 5.41) is 13.3. The Morgan fingerprint density at radius 2 is 2.25 bits per heavy atom. The molecule has 0 saturated heterocycles. The second kappa shape index (κ2) is 5.55. The highest BCUT2D eigenvalue weighted by atomic mass is 16.6. The number of benzene rings is 1. The summed E-state index contributed by atoms with van der Waals surface area (Å²) in [7, 11) is 1.25. The predicted octanol–water partition coefficient (Wildman–Crippen LogP) is 0.793. The Morgan fingerprint density at radius 1 is 1.50 bits per heavy atom. The first kappa shape index (κ1) is 13.8. The number of nitrogens with one attached hydrogen (secondary N) is 1. The monoisotopic (exact) mass is 279 g/mol. The van der Waals surface area contributed by atoms with E-state index in [-0.39, 0.29) is 25.3 Å². The molecule has 0 aliphatic carbocycles. The molecule has 8 nitrogen and oxygen atoms in total. The highest BCUT2D eigenvalue weighted by Gasteiger charge is 2.23. The third kappa shape index (κ3) is 2.85. The van der Waals surface area contributed by atoms with E-state index in [1.807, 2.05) is 0 Å². The van der Waals surface area contributed by atoms with Gasteiger partial charge in [-0.15, -0.1) is 0 Å². The fraction of sp³-hybridized carbons (Fsp3) is 0.333. The maximum absolute atomic E-state index is 11.8. The van der Waals surface area contributed by atoms with Crippen LogP contribution in [0.1, 0.15) is 11.1 Å². The number of ether oxygens (including phenoxy) is 1. The van der Waals surface area contributed by atoms with Crippen LogP contribution in [0.2, 0.25) is 0 Å². The number of hydrogen-bond acceptors (Lipinski definition) is 5. The van der Waals surface area contributed by atoms with Gasteiger partial charge in [-0.3, -0.25) is 14.9 Å². The van der Waals surface area contributed by atoms with Gasteiger partial charge in [0.15, 0.2) is 0 Å². The van der Waals surface area contributed by atoms with E-state index < -0.39 is 16.9 Å². The van der Waals surface area contributed by atoms with Crippen LogP contribution in [0.3, 0.4) is 0 Å². The van der Waals surface area contributed by atoms with Crippen LogP contribution in [0.5, 0.6) is 0 Å². The first-order valence-corrected chi connectivity index (χ1v) is 5.87. The second-order valence-corrected chi connectivity index (χ2v) is 4.30. The number of amides is 2. The molecule has 0 bridgehead atoms. The SMILES string of the molecule is COC(=O)CN1Cc2ccc([N+](=O)[O-])cc2CNC1=O. The maximum Gasteiger partial charge on any atom is 0.325 e. The first-order valence-electron chi connectivity index (χ1n) is 5.87. The Bertz CT molecular complexity index is 572. The quantitative estimate of drug-likeness (QED) is 0.500. The van der Waals surface area contributed by atoms with Gasteiger partial charge in [0.05, 0.1) is 12.0 Å². The van der Waals surface area contributed by atoms with Gasteiger partial charge in [0.25, 0.3) is 5.69 Å². The van der Waals surface area contributed by atoms with Crippen molar-refractivity contribution in [1.29, 1.82) is 0 Å². The highest BCUT2D eigenvalue weighted by molar-refractivity contribution is 5.81. The van der Waals surface area contributed by atoms with Crippen molar-refractivity contribution >= 4 is 17.7 Å². The number of nitro benzene ring substituents is 1. The third-order valence-corrected chi connectivity index (χ3v) is 3.03. The van der Waals surface area contributed by atoms with E-state index in [0.717, 1.165) is 5.56 Å². The molecule has 0 saturated carbocycles. The standard InChI is InChI=1S/C12H13N3O5/c1-20-11(16)7-14-6-8-2-3-10(15(18)19)4-9(8)5-13-12(14)17/h2-4H,5-7H2,1H3,(H,13,17). The molecule has 1 N–H and O–H groups in total. The van der Waals surface area contributed by atoms with Crippen molar-refractivity contribution in [1.82, 2.24) is 10.2 Å². The van der Waals surface area contributed by atoms with Gasteiger partial charge in [0.1, 0.15) is 6.54 Å². The summed E-state index contributed by atoms with van der Waals surface area (Å²) >= 11 is 0. The molecular formula is C12H13N3O5. The largest absolute Gasteiger partial charge is 0.468 e. The van der Waals surface area contributed by atoms with Gasteiger partial charge in [-0.05, 0) is 11.1 Å². The lowest BCUT2D eigenvalue weighted by molar-refractivity contribution is -0.384. The summed E-state index contributed by atoms with van der Waals surface area (Å²) in [6, 6.07) is 3.99. The van der Waals surface area contributed by atoms with E-state index >= 15 is 0 Å². The Hall–Kier alpha value is -2.64. The molecule has 20 heavy (non-hydrogen) atoms. The molecule has 1 aromatic carbocycles. The van der Waals surface area contributed by atoms with Crippen molar-refractivity contribution in [2.45, 2.75) is 13.1 Å². The van der Waals surface area contributed by atoms with Crippen molar-refractivity contribution in [3.8, 4) is 0 Å². The Balaban J connectivity index is 2.25. The summed E-state index contributed by atoms with van der Waals surface area (Å²) in [6.07, 6.45) is 0. The minimum absolute atomic E-state index is 0.0283. The zero-order valence-electron chi connectivity index (χ0n) is 10.8. The molecule has 0 radical (unpaired) electrons. The van der Waals surface area contributed by atoms with Crippen molar-refractivity contribution in [2.75, 3.05) is 13.7 Å². The van der Waals surface area contributed by atoms with E-state index in [4.69, 9.17) is 0 Å². The molecule has 0 spiro atoms. The van der Waals surface area contributed by atoms with Crippen LogP contribution in [0.4, 0.5) is 10.5 Å². The summed E-state index contributed by atoms with van der Waals surface area (Å²) < 4.78 is 4.53. The molecule has 1 aliphatic rings. The fourth-order valence-electron chi connectivity index (χ4n) is 1.95. The van der Waals surface area contributed by atoms with Gasteiger partial charge < -0.3 is 15.0 Å². The summed E-state index contributed by atoms with van der Waals surface area (Å²) in [5.41, 5.74) is 1.40. The number of urea groups is 1. The maximum atomic E-state index is 11.8. The van der Waals surface area contributed by atoms with Crippen LogP contribution in [-0.2, 0) is 22.6 Å². The van der Waals surface area contributed by atoms with E-state index in [2.05, 4.69) is 10.1 Å². The van der Waals surface area contributed by atoms with Crippen LogP contribution in [0.25, 0.3) is 0 Å². The van der Waals surface area contributed by atoms with Gasteiger partial charge in [-0.25, -0.2) is 4.79 Å². The van der Waals surface area contributed by atoms with E-state index in [0.29, 0.717) is 5.56 Å². The van der Waals surface area contributed by atoms with E-state index in [1.165, 1.54) is 24.1 Å². The lowest BCUT2D eigenvalue weighted by Gasteiger charge is -2.18. The molecule has 0 aromatic heterocycles. The van der Waals surface area contributed by atoms with E-state index in [1.54, 1.807) is 6.07 Å². The zero-order chi connectivity index (χ0) is 14.7. The fourth-order valence-corrected chi connectivity index (χ4v) is 1.95. The molecule has 1 aromatic rings. The zero-order valence-corrected chi connectivity index (χ0v) is 10.8. The van der Waals surface area contributed by atoms with Crippen molar-refractivity contribution in [3.63, 3.8) is 0 Å². The Labute approximate surface area is 114 Å². The molecule has 0 atom stereocenters. The number of methoxy groups -OCH3 is 1. The van der Waals surface area contributed by atoms with Crippen molar-refractivity contribution < 1.29 is 19.2 Å². The average molecular weight is 279 g/mol. The molecule has 106 valence electrons. The van der Waals surface area contributed by atoms with Crippen LogP contribution >= 0.6 is 0 Å². The molecule has 1 heterocycles. The van der Waals surface area contributed by atoms with Crippen LogP contribution in [-0.4, -0.2) is 35.5 Å². The summed E-state index contributed by atoms with van der Waals surface area (Å²) in [6.45, 7) is 0.223. The number of rotatable bonds is 3. The smallest absolute Gasteiger partial charge is 0.325 e. The molecule has 8 heteroatoms. The second-order valence-electron chi connectivity index (χ2n) is 4.30. The Kier molecular flexibility index (Phi) is 3.83. The average Bonchev–Trinajstić information content (AvgIpc) is 2.58. The van der Waals surface area contributed by atoms with Crippen LogP contribution in [0, 0.1) is 10.1 Å². The highest BCUT2D eigenvalue weighted by Crippen LogP contribution is 2.21. The minimum atomic E-state index is -0.523. The van der Waals surface area contributed by atoms with E-state index in [9.17, 15) is 19.7 Å². The number of carbonyl (C=O) groups excluding carboxylic acids is 2. The topological polar surface area (TPSA) is 102 Å². The number of hydrogen-bond donors (Lipinski definition) is 1.